The molecule has 0 bridgehead atoms. The molecule has 0 saturated heterocycles. The average Bonchev–Trinajstić information content (AvgIpc) is 2.68. The Hall–Kier alpha value is -2.34. The number of hydrogen-bond acceptors (Lipinski definition) is 3. The van der Waals surface area contributed by atoms with Crippen LogP contribution in [-0.2, 0) is 11.3 Å². The Morgan fingerprint density at radius 2 is 1.83 bits per heavy atom. The minimum absolute atomic E-state index is 0.0234. The first-order chi connectivity index (χ1) is 13.9. The number of carbonyl (C=O) groups excluding carboxylic acids is 1. The molecule has 0 unspecified atom stereocenters. The zero-order chi connectivity index (χ0) is 21.2. The lowest BCUT2D eigenvalue weighted by molar-refractivity contribution is -0.137. The van der Waals surface area contributed by atoms with Crippen LogP contribution in [0.3, 0.4) is 0 Å². The molecule has 6 heteroatoms. The predicted molar refractivity (Wildman–Crippen MR) is 117 cm³/mol. The number of carboxylic acid groups (broad SMARTS) is 1. The Balaban J connectivity index is 2.03. The maximum absolute atomic E-state index is 13.1. The smallest absolute Gasteiger partial charge is 0.303 e. The lowest BCUT2D eigenvalue weighted by Crippen LogP contribution is -2.36. The molecule has 0 radical (unpaired) electrons. The number of rotatable bonds is 11. The van der Waals surface area contributed by atoms with Crippen LogP contribution in [-0.4, -0.2) is 34.5 Å². The topological polar surface area (TPSA) is 66.8 Å². The summed E-state index contributed by atoms with van der Waals surface area (Å²) in [4.78, 5) is 25.5. The number of benzene rings is 2. The Labute approximate surface area is 180 Å². The first kappa shape index (κ1) is 22.9. The fraction of sp³-hybridized carbons (Fsp3) is 0.391. The number of ether oxygens (including phenoxy) is 1. The second-order valence-electron chi connectivity index (χ2n) is 7.20. The maximum Gasteiger partial charge on any atom is 0.303 e. The largest absolute Gasteiger partial charge is 0.493 e. The molecule has 29 heavy (non-hydrogen) atoms. The van der Waals surface area contributed by atoms with E-state index in [-0.39, 0.29) is 18.4 Å². The maximum atomic E-state index is 13.1. The van der Waals surface area contributed by atoms with E-state index in [0.29, 0.717) is 25.1 Å². The van der Waals surface area contributed by atoms with Gasteiger partial charge in [0.05, 0.1) is 6.61 Å². The number of amides is 1. The van der Waals surface area contributed by atoms with Crippen molar-refractivity contribution in [3.63, 3.8) is 0 Å². The number of para-hydroxylation sites is 1. The summed E-state index contributed by atoms with van der Waals surface area (Å²) in [6, 6.07) is 15.2. The van der Waals surface area contributed by atoms with Crippen molar-refractivity contribution in [1.29, 1.82) is 0 Å². The van der Waals surface area contributed by atoms with E-state index in [9.17, 15) is 9.59 Å². The van der Waals surface area contributed by atoms with E-state index in [4.69, 9.17) is 9.84 Å². The summed E-state index contributed by atoms with van der Waals surface area (Å²) in [5.41, 5.74) is 1.60. The fourth-order valence-corrected chi connectivity index (χ4v) is 3.37. The standard InChI is InChI=1S/C23H28BrNO4/c1-17(2)25(23(28)18-10-8-11-20(24)15-18)16-19-9-5-6-12-21(19)29-14-7-3-4-13-22(26)27/h5-6,8-12,15,17H,3-4,7,13-14,16H2,1-2H3,(H,26,27). The Kier molecular flexibility index (Phi) is 9.19. The number of unbranched alkanes of at least 4 members (excludes halogenated alkanes) is 2. The molecule has 156 valence electrons. The van der Waals surface area contributed by atoms with Gasteiger partial charge in [-0.15, -0.1) is 0 Å². The van der Waals surface area contributed by atoms with Crippen molar-refractivity contribution in [3.8, 4) is 5.75 Å². The second kappa shape index (κ2) is 11.6. The molecule has 0 saturated carbocycles. The second-order valence-corrected chi connectivity index (χ2v) is 8.11. The zero-order valence-corrected chi connectivity index (χ0v) is 18.5. The van der Waals surface area contributed by atoms with E-state index in [1.807, 2.05) is 67.3 Å². The molecule has 2 aromatic rings. The van der Waals surface area contributed by atoms with Gasteiger partial charge >= 0.3 is 5.97 Å². The van der Waals surface area contributed by atoms with Gasteiger partial charge in [-0.25, -0.2) is 0 Å². The van der Waals surface area contributed by atoms with Gasteiger partial charge < -0.3 is 14.7 Å². The van der Waals surface area contributed by atoms with Gasteiger partial charge in [-0.3, -0.25) is 9.59 Å². The van der Waals surface area contributed by atoms with Crippen molar-refractivity contribution < 1.29 is 19.4 Å². The van der Waals surface area contributed by atoms with E-state index in [2.05, 4.69) is 15.9 Å². The van der Waals surface area contributed by atoms with Crippen LogP contribution in [0.1, 0.15) is 55.5 Å². The molecule has 1 N–H and O–H groups in total. The van der Waals surface area contributed by atoms with Crippen molar-refractivity contribution in [3.05, 3.63) is 64.1 Å². The van der Waals surface area contributed by atoms with Crippen molar-refractivity contribution in [2.45, 2.75) is 52.1 Å². The highest BCUT2D eigenvalue weighted by Crippen LogP contribution is 2.23. The molecule has 1 amide bonds. The summed E-state index contributed by atoms with van der Waals surface area (Å²) in [6.45, 7) is 4.99. The molecule has 0 fully saturated rings. The van der Waals surface area contributed by atoms with Gasteiger partial charge in [0.1, 0.15) is 5.75 Å². The summed E-state index contributed by atoms with van der Waals surface area (Å²) < 4.78 is 6.81. The summed E-state index contributed by atoms with van der Waals surface area (Å²) in [5, 5.41) is 8.69. The lowest BCUT2D eigenvalue weighted by Gasteiger charge is -2.28. The molecule has 2 rings (SSSR count). The third-order valence-corrected chi connectivity index (χ3v) is 5.05. The van der Waals surface area contributed by atoms with E-state index >= 15 is 0 Å². The van der Waals surface area contributed by atoms with Crippen molar-refractivity contribution in [2.75, 3.05) is 6.61 Å². The van der Waals surface area contributed by atoms with Gasteiger partial charge in [-0.2, -0.15) is 0 Å². The Morgan fingerprint density at radius 1 is 1.07 bits per heavy atom. The highest BCUT2D eigenvalue weighted by Gasteiger charge is 2.20. The molecular formula is C23H28BrNO4. The van der Waals surface area contributed by atoms with Crippen LogP contribution in [0.2, 0.25) is 0 Å². The molecule has 0 aromatic heterocycles. The number of aliphatic carboxylic acids is 1. The van der Waals surface area contributed by atoms with E-state index in [0.717, 1.165) is 28.6 Å². The van der Waals surface area contributed by atoms with E-state index in [1.54, 1.807) is 0 Å². The highest BCUT2D eigenvalue weighted by atomic mass is 79.9. The number of carboxylic acids is 1. The minimum atomic E-state index is -0.764. The summed E-state index contributed by atoms with van der Waals surface area (Å²) in [6.07, 6.45) is 2.46. The van der Waals surface area contributed by atoms with Crippen LogP contribution < -0.4 is 4.74 Å². The average molecular weight is 462 g/mol. The highest BCUT2D eigenvalue weighted by molar-refractivity contribution is 9.10. The third kappa shape index (κ3) is 7.54. The molecule has 0 aliphatic rings. The molecule has 0 spiro atoms. The zero-order valence-electron chi connectivity index (χ0n) is 16.9. The molecule has 2 aromatic carbocycles. The van der Waals surface area contributed by atoms with Crippen LogP contribution in [0, 0.1) is 0 Å². The fourth-order valence-electron chi connectivity index (χ4n) is 2.97. The lowest BCUT2D eigenvalue weighted by atomic mass is 10.1. The number of hydrogen-bond donors (Lipinski definition) is 1. The molecule has 0 atom stereocenters. The summed E-state index contributed by atoms with van der Waals surface area (Å²) in [7, 11) is 0. The van der Waals surface area contributed by atoms with Crippen LogP contribution in [0.15, 0.2) is 53.0 Å². The van der Waals surface area contributed by atoms with Gasteiger partial charge in [0.25, 0.3) is 5.91 Å². The van der Waals surface area contributed by atoms with Crippen LogP contribution in [0.25, 0.3) is 0 Å². The van der Waals surface area contributed by atoms with Crippen LogP contribution in [0.5, 0.6) is 5.75 Å². The van der Waals surface area contributed by atoms with Gasteiger partial charge in [0.15, 0.2) is 0 Å². The van der Waals surface area contributed by atoms with Crippen LogP contribution >= 0.6 is 15.9 Å². The minimum Gasteiger partial charge on any atom is -0.493 e. The summed E-state index contributed by atoms with van der Waals surface area (Å²) >= 11 is 3.43. The van der Waals surface area contributed by atoms with Crippen LogP contribution in [0.4, 0.5) is 0 Å². The van der Waals surface area contributed by atoms with E-state index < -0.39 is 5.97 Å². The predicted octanol–water partition coefficient (Wildman–Crippen LogP) is 5.52. The summed E-state index contributed by atoms with van der Waals surface area (Å²) in [5.74, 6) is -0.0247. The normalized spacial score (nSPS) is 10.8. The Bertz CT molecular complexity index is 822. The quantitative estimate of drug-likeness (QED) is 0.447. The number of carbonyl (C=O) groups is 2. The van der Waals surface area contributed by atoms with Crippen molar-refractivity contribution >= 4 is 27.8 Å². The monoisotopic (exact) mass is 461 g/mol. The SMILES string of the molecule is CC(C)N(Cc1ccccc1OCCCCCC(=O)O)C(=O)c1cccc(Br)c1. The third-order valence-electron chi connectivity index (χ3n) is 4.56. The van der Waals surface area contributed by atoms with E-state index in [1.165, 1.54) is 0 Å². The van der Waals surface area contributed by atoms with Crippen molar-refractivity contribution in [1.82, 2.24) is 4.90 Å². The molecular weight excluding hydrogens is 434 g/mol. The molecule has 0 aliphatic carbocycles. The first-order valence-corrected chi connectivity index (χ1v) is 10.7. The van der Waals surface area contributed by atoms with Crippen molar-refractivity contribution in [2.24, 2.45) is 0 Å². The number of nitrogens with zero attached hydrogens (tertiary/aromatic N) is 1. The number of halogens is 1. The molecule has 5 nitrogen and oxygen atoms in total. The van der Waals surface area contributed by atoms with Gasteiger partial charge in [-0.1, -0.05) is 40.2 Å². The van der Waals surface area contributed by atoms with Gasteiger partial charge in [0.2, 0.25) is 0 Å². The molecule has 0 aliphatic heterocycles. The Morgan fingerprint density at radius 3 is 2.52 bits per heavy atom. The molecule has 0 heterocycles. The first-order valence-electron chi connectivity index (χ1n) is 9.87. The van der Waals surface area contributed by atoms with Gasteiger partial charge in [-0.05, 0) is 57.4 Å². The van der Waals surface area contributed by atoms with Gasteiger partial charge in [0, 0.05) is 34.6 Å².